The minimum atomic E-state index is -0.359. The lowest BCUT2D eigenvalue weighted by Gasteiger charge is -2.37. The predicted octanol–water partition coefficient (Wildman–Crippen LogP) is 1.65. The maximum atomic E-state index is 12.3. The Morgan fingerprint density at radius 1 is 1.33 bits per heavy atom. The Hall–Kier alpha value is -1.03. The molecule has 2 amide bonds. The second-order valence-corrected chi connectivity index (χ2v) is 5.69. The molecule has 0 bridgehead atoms. The molecule has 100 valence electrons. The van der Waals surface area contributed by atoms with Gasteiger partial charge in [-0.1, -0.05) is 37.4 Å². The molecule has 1 aliphatic carbocycles. The van der Waals surface area contributed by atoms with Crippen LogP contribution in [0.5, 0.6) is 0 Å². The minimum absolute atomic E-state index is 0.0108. The van der Waals surface area contributed by atoms with Crippen LogP contribution in [0.25, 0.3) is 0 Å². The Morgan fingerprint density at radius 3 is 2.61 bits per heavy atom. The average molecular weight is 271 g/mol. The molecule has 0 radical (unpaired) electrons. The lowest BCUT2D eigenvalue weighted by Crippen LogP contribution is -2.60. The van der Waals surface area contributed by atoms with Crippen LogP contribution in [0.4, 0.5) is 0 Å². The first-order valence-electron chi connectivity index (χ1n) is 6.49. The van der Waals surface area contributed by atoms with Crippen LogP contribution >= 0.6 is 11.6 Å². The van der Waals surface area contributed by atoms with Gasteiger partial charge in [0, 0.05) is 5.03 Å². The van der Waals surface area contributed by atoms with Gasteiger partial charge in [-0.15, -0.1) is 0 Å². The van der Waals surface area contributed by atoms with Crippen LogP contribution in [0.2, 0.25) is 0 Å². The fourth-order valence-electron chi connectivity index (χ4n) is 2.86. The van der Waals surface area contributed by atoms with Crippen molar-refractivity contribution in [3.63, 3.8) is 0 Å². The van der Waals surface area contributed by atoms with E-state index in [9.17, 15) is 9.59 Å². The van der Waals surface area contributed by atoms with E-state index in [1.807, 2.05) is 0 Å². The van der Waals surface area contributed by atoms with Gasteiger partial charge in [0.05, 0.1) is 13.1 Å². The molecule has 4 nitrogen and oxygen atoms in total. The summed E-state index contributed by atoms with van der Waals surface area (Å²) in [6.45, 7) is 3.94. The number of piperazine rings is 1. The highest BCUT2D eigenvalue weighted by Crippen LogP contribution is 2.28. The molecular formula is C13H19ClN2O2. The van der Waals surface area contributed by atoms with Crippen molar-refractivity contribution in [2.45, 2.75) is 38.1 Å². The van der Waals surface area contributed by atoms with Gasteiger partial charge in [0.1, 0.15) is 6.04 Å². The second kappa shape index (κ2) is 5.74. The molecule has 1 heterocycles. The number of carbonyl (C=O) groups excluding carboxylic acids is 2. The van der Waals surface area contributed by atoms with Crippen LogP contribution in [0, 0.1) is 5.92 Å². The highest BCUT2D eigenvalue weighted by molar-refractivity contribution is 6.29. The maximum absolute atomic E-state index is 12.3. The molecule has 1 atom stereocenters. The molecule has 0 aromatic carbocycles. The minimum Gasteiger partial charge on any atom is -0.342 e. The number of nitrogens with one attached hydrogen (secondary N) is 1. The van der Waals surface area contributed by atoms with E-state index in [2.05, 4.69) is 11.9 Å². The number of nitrogens with zero attached hydrogens (tertiary/aromatic N) is 1. The van der Waals surface area contributed by atoms with Crippen molar-refractivity contribution < 1.29 is 9.59 Å². The SMILES string of the molecule is C=C(Cl)CN1CC(=O)NC(C2CCCCC2)C1=O. The molecule has 18 heavy (non-hydrogen) atoms. The summed E-state index contributed by atoms with van der Waals surface area (Å²) in [4.78, 5) is 25.5. The zero-order valence-corrected chi connectivity index (χ0v) is 11.2. The Bertz CT molecular complexity index is 362. The summed E-state index contributed by atoms with van der Waals surface area (Å²) in [5.41, 5.74) is 0. The van der Waals surface area contributed by atoms with Gasteiger partial charge < -0.3 is 10.2 Å². The van der Waals surface area contributed by atoms with Crippen molar-refractivity contribution >= 4 is 23.4 Å². The van der Waals surface area contributed by atoms with Crippen LogP contribution < -0.4 is 5.32 Å². The monoisotopic (exact) mass is 270 g/mol. The van der Waals surface area contributed by atoms with E-state index in [1.54, 1.807) is 0 Å². The van der Waals surface area contributed by atoms with Crippen molar-refractivity contribution in [1.29, 1.82) is 0 Å². The van der Waals surface area contributed by atoms with Gasteiger partial charge in [0.2, 0.25) is 11.8 Å². The Labute approximate surface area is 112 Å². The molecule has 1 saturated carbocycles. The third-order valence-corrected chi connectivity index (χ3v) is 3.83. The van der Waals surface area contributed by atoms with Crippen LogP contribution in [0.15, 0.2) is 11.6 Å². The molecule has 2 fully saturated rings. The molecule has 1 saturated heterocycles. The fourth-order valence-corrected chi connectivity index (χ4v) is 3.00. The van der Waals surface area contributed by atoms with Gasteiger partial charge in [-0.2, -0.15) is 0 Å². The normalized spacial score (nSPS) is 26.1. The number of amides is 2. The van der Waals surface area contributed by atoms with Gasteiger partial charge in [-0.3, -0.25) is 9.59 Å². The number of rotatable bonds is 3. The van der Waals surface area contributed by atoms with Crippen LogP contribution in [-0.4, -0.2) is 35.8 Å². The molecule has 1 N–H and O–H groups in total. The quantitative estimate of drug-likeness (QED) is 0.848. The number of hydrogen-bond acceptors (Lipinski definition) is 2. The average Bonchev–Trinajstić information content (AvgIpc) is 2.34. The molecule has 2 rings (SSSR count). The zero-order chi connectivity index (χ0) is 13.1. The molecule has 0 aromatic heterocycles. The Kier molecular flexibility index (Phi) is 4.27. The van der Waals surface area contributed by atoms with E-state index in [0.717, 1.165) is 25.7 Å². The predicted molar refractivity (Wildman–Crippen MR) is 70.1 cm³/mol. The summed E-state index contributed by atoms with van der Waals surface area (Å²) in [5.74, 6) is 0.174. The smallest absolute Gasteiger partial charge is 0.246 e. The second-order valence-electron chi connectivity index (χ2n) is 5.15. The van der Waals surface area contributed by atoms with Crippen molar-refractivity contribution in [3.8, 4) is 0 Å². The maximum Gasteiger partial charge on any atom is 0.246 e. The zero-order valence-electron chi connectivity index (χ0n) is 10.5. The molecule has 0 aromatic rings. The van der Waals surface area contributed by atoms with Crippen molar-refractivity contribution in [2.24, 2.45) is 5.92 Å². The van der Waals surface area contributed by atoms with Crippen molar-refractivity contribution in [1.82, 2.24) is 10.2 Å². The van der Waals surface area contributed by atoms with E-state index in [4.69, 9.17) is 11.6 Å². The highest BCUT2D eigenvalue weighted by Gasteiger charge is 2.37. The number of hydrogen-bond donors (Lipinski definition) is 1. The van der Waals surface area contributed by atoms with E-state index >= 15 is 0 Å². The summed E-state index contributed by atoms with van der Waals surface area (Å²) in [6.07, 6.45) is 5.56. The lowest BCUT2D eigenvalue weighted by atomic mass is 9.82. The first-order valence-corrected chi connectivity index (χ1v) is 6.87. The molecule has 5 heteroatoms. The Balaban J connectivity index is 2.06. The topological polar surface area (TPSA) is 49.4 Å². The molecule has 2 aliphatic rings. The summed E-state index contributed by atoms with van der Waals surface area (Å²) in [5, 5.41) is 3.23. The number of carbonyl (C=O) groups is 2. The van der Waals surface area contributed by atoms with Gasteiger partial charge in [-0.05, 0) is 18.8 Å². The fraction of sp³-hybridized carbons (Fsp3) is 0.692. The molecule has 0 spiro atoms. The first-order chi connectivity index (χ1) is 8.58. The summed E-state index contributed by atoms with van der Waals surface area (Å²) < 4.78 is 0. The molecular weight excluding hydrogens is 252 g/mol. The molecule has 1 unspecified atom stereocenters. The van der Waals surface area contributed by atoms with Crippen LogP contribution in [0.3, 0.4) is 0 Å². The standard InChI is InChI=1S/C13H19ClN2O2/c1-9(14)7-16-8-11(17)15-12(13(16)18)10-5-3-2-4-6-10/h10,12H,1-8H2,(H,15,17). The van der Waals surface area contributed by atoms with Gasteiger partial charge in [0.25, 0.3) is 0 Å². The summed E-state index contributed by atoms with van der Waals surface area (Å²) in [6, 6.07) is -0.359. The summed E-state index contributed by atoms with van der Waals surface area (Å²) in [7, 11) is 0. The third-order valence-electron chi connectivity index (χ3n) is 3.71. The summed E-state index contributed by atoms with van der Waals surface area (Å²) >= 11 is 5.74. The van der Waals surface area contributed by atoms with Gasteiger partial charge in [-0.25, -0.2) is 0 Å². The van der Waals surface area contributed by atoms with E-state index < -0.39 is 0 Å². The molecule has 1 aliphatic heterocycles. The number of halogens is 1. The van der Waals surface area contributed by atoms with Gasteiger partial charge >= 0.3 is 0 Å². The van der Waals surface area contributed by atoms with Crippen LogP contribution in [-0.2, 0) is 9.59 Å². The van der Waals surface area contributed by atoms with Crippen molar-refractivity contribution in [3.05, 3.63) is 11.6 Å². The van der Waals surface area contributed by atoms with E-state index in [-0.39, 0.29) is 36.9 Å². The lowest BCUT2D eigenvalue weighted by molar-refractivity contribution is -0.145. The van der Waals surface area contributed by atoms with E-state index in [1.165, 1.54) is 11.3 Å². The first kappa shape index (κ1) is 13.4. The van der Waals surface area contributed by atoms with Crippen LogP contribution in [0.1, 0.15) is 32.1 Å². The largest absolute Gasteiger partial charge is 0.342 e. The highest BCUT2D eigenvalue weighted by atomic mass is 35.5. The third kappa shape index (κ3) is 3.05. The van der Waals surface area contributed by atoms with E-state index in [0.29, 0.717) is 5.03 Å². The van der Waals surface area contributed by atoms with Crippen molar-refractivity contribution in [2.75, 3.05) is 13.1 Å². The van der Waals surface area contributed by atoms with Gasteiger partial charge in [0.15, 0.2) is 0 Å². The Morgan fingerprint density at radius 2 is 2.00 bits per heavy atom.